The third-order valence-electron chi connectivity index (χ3n) is 6.23. The van der Waals surface area contributed by atoms with Crippen molar-refractivity contribution in [1.29, 1.82) is 0 Å². The molecule has 1 aliphatic heterocycles. The van der Waals surface area contributed by atoms with Gasteiger partial charge in [0.05, 0.1) is 33.4 Å². The molecule has 2 aromatic carbocycles. The van der Waals surface area contributed by atoms with Crippen molar-refractivity contribution < 1.29 is 18.9 Å². The number of benzene rings is 2. The van der Waals surface area contributed by atoms with Gasteiger partial charge in [-0.2, -0.15) is 0 Å². The van der Waals surface area contributed by atoms with Crippen LogP contribution in [0.4, 0.5) is 5.69 Å². The van der Waals surface area contributed by atoms with Crippen LogP contribution in [0.2, 0.25) is 0 Å². The van der Waals surface area contributed by atoms with Gasteiger partial charge in [-0.05, 0) is 44.0 Å². The zero-order chi connectivity index (χ0) is 27.0. The molecule has 0 radical (unpaired) electrons. The summed E-state index contributed by atoms with van der Waals surface area (Å²) in [4.78, 5) is 42.4. The van der Waals surface area contributed by atoms with Crippen LogP contribution >= 0.6 is 11.3 Å². The van der Waals surface area contributed by atoms with Crippen LogP contribution in [0.5, 0.6) is 0 Å². The van der Waals surface area contributed by atoms with E-state index in [4.69, 9.17) is 9.15 Å². The van der Waals surface area contributed by atoms with Crippen molar-refractivity contribution in [2.24, 2.45) is 4.99 Å². The van der Waals surface area contributed by atoms with E-state index in [-0.39, 0.29) is 17.9 Å². The summed E-state index contributed by atoms with van der Waals surface area (Å²) in [5, 5.41) is 11.2. The molecule has 0 aliphatic carbocycles. The first-order chi connectivity index (χ1) is 18.3. The Hall–Kier alpha value is -4.57. The topological polar surface area (TPSA) is 117 Å². The minimum absolute atomic E-state index is 0.0365. The molecular formula is C28H23N3O6S. The number of fused-ring (bicyclic) bond motifs is 1. The van der Waals surface area contributed by atoms with E-state index < -0.39 is 16.9 Å². The molecule has 0 N–H and O–H groups in total. The molecule has 38 heavy (non-hydrogen) atoms. The summed E-state index contributed by atoms with van der Waals surface area (Å²) in [6, 6.07) is 16.6. The third kappa shape index (κ3) is 4.50. The molecule has 5 rings (SSSR count). The molecule has 1 atom stereocenters. The maximum atomic E-state index is 13.7. The molecule has 9 nitrogen and oxygen atoms in total. The number of nitrogens with zero attached hydrogens (tertiary/aromatic N) is 3. The van der Waals surface area contributed by atoms with Crippen LogP contribution in [0.25, 0.3) is 17.4 Å². The van der Waals surface area contributed by atoms with Gasteiger partial charge in [0.15, 0.2) is 4.80 Å². The summed E-state index contributed by atoms with van der Waals surface area (Å²) in [6.07, 6.45) is 1.62. The second kappa shape index (κ2) is 10.1. The minimum atomic E-state index is -0.687. The molecule has 0 spiro atoms. The number of furan rings is 1. The van der Waals surface area contributed by atoms with Crippen LogP contribution in [0.15, 0.2) is 86.1 Å². The number of nitro benzene ring substituents is 1. The molecule has 0 amide bonds. The number of esters is 1. The van der Waals surface area contributed by atoms with Gasteiger partial charge in [0.2, 0.25) is 0 Å². The number of carbonyl (C=O) groups is 1. The van der Waals surface area contributed by atoms with Gasteiger partial charge in [0.1, 0.15) is 11.5 Å². The lowest BCUT2D eigenvalue weighted by atomic mass is 9.96. The van der Waals surface area contributed by atoms with Gasteiger partial charge >= 0.3 is 5.97 Å². The van der Waals surface area contributed by atoms with Crippen LogP contribution < -0.4 is 14.9 Å². The van der Waals surface area contributed by atoms with E-state index in [1.54, 1.807) is 38.1 Å². The van der Waals surface area contributed by atoms with Gasteiger partial charge < -0.3 is 9.15 Å². The Bertz CT molecular complexity index is 1780. The zero-order valence-electron chi connectivity index (χ0n) is 20.8. The van der Waals surface area contributed by atoms with Gasteiger partial charge in [-0.1, -0.05) is 47.7 Å². The molecule has 2 aromatic heterocycles. The number of aryl methyl sites for hydroxylation is 1. The van der Waals surface area contributed by atoms with Gasteiger partial charge in [0.25, 0.3) is 11.2 Å². The summed E-state index contributed by atoms with van der Waals surface area (Å²) in [5.41, 5.74) is 2.63. The highest BCUT2D eigenvalue weighted by Crippen LogP contribution is 2.31. The third-order valence-corrected chi connectivity index (χ3v) is 7.21. The van der Waals surface area contributed by atoms with E-state index in [0.717, 1.165) is 11.1 Å². The molecule has 0 saturated carbocycles. The number of hydrogen-bond donors (Lipinski definition) is 0. The smallest absolute Gasteiger partial charge is 0.338 e. The summed E-state index contributed by atoms with van der Waals surface area (Å²) in [6.45, 7) is 5.51. The second-order valence-corrected chi connectivity index (χ2v) is 9.68. The van der Waals surface area contributed by atoms with E-state index in [1.165, 1.54) is 28.0 Å². The number of hydrogen-bond acceptors (Lipinski definition) is 8. The second-order valence-electron chi connectivity index (χ2n) is 8.67. The molecule has 1 aliphatic rings. The SMILES string of the molecule is CCOC(=O)C1=C(C)N=c2s/c(=C/c3ccc(-c4cc([N+](=O)[O-])ccc4C)o3)c(=O)n2[C@@H]1c1ccccc1. The van der Waals surface area contributed by atoms with Crippen LogP contribution in [-0.4, -0.2) is 22.1 Å². The lowest BCUT2D eigenvalue weighted by Crippen LogP contribution is -2.39. The van der Waals surface area contributed by atoms with E-state index in [2.05, 4.69) is 4.99 Å². The Morgan fingerprint density at radius 1 is 1.18 bits per heavy atom. The number of rotatable bonds is 6. The average Bonchev–Trinajstić information content (AvgIpc) is 3.48. The van der Waals surface area contributed by atoms with Crippen molar-refractivity contribution in [1.82, 2.24) is 4.57 Å². The maximum Gasteiger partial charge on any atom is 0.338 e. The largest absolute Gasteiger partial charge is 0.463 e. The molecule has 3 heterocycles. The van der Waals surface area contributed by atoms with Gasteiger partial charge in [-0.25, -0.2) is 9.79 Å². The van der Waals surface area contributed by atoms with E-state index in [0.29, 0.717) is 37.7 Å². The highest BCUT2D eigenvalue weighted by Gasteiger charge is 2.33. The van der Waals surface area contributed by atoms with Crippen LogP contribution in [0.3, 0.4) is 0 Å². The number of allylic oxidation sites excluding steroid dienone is 1. The van der Waals surface area contributed by atoms with Crippen molar-refractivity contribution in [3.8, 4) is 11.3 Å². The molecule has 10 heteroatoms. The van der Waals surface area contributed by atoms with E-state index in [1.807, 2.05) is 37.3 Å². The maximum absolute atomic E-state index is 13.7. The molecule has 192 valence electrons. The van der Waals surface area contributed by atoms with Crippen molar-refractivity contribution in [3.63, 3.8) is 0 Å². The fourth-order valence-electron chi connectivity index (χ4n) is 4.44. The standard InChI is InChI=1S/C28H23N3O6S/c1-4-36-27(33)24-17(3)29-28-30(25(24)18-8-6-5-7-9-18)26(32)23(38-28)15-20-12-13-22(37-20)21-14-19(31(34)35)11-10-16(21)2/h5-15,25H,4H2,1-3H3/b23-15+/t25-/m1/s1. The number of aromatic nitrogens is 1. The van der Waals surface area contributed by atoms with Crippen LogP contribution in [-0.2, 0) is 9.53 Å². The Labute approximate surface area is 220 Å². The van der Waals surface area contributed by atoms with Crippen molar-refractivity contribution in [2.75, 3.05) is 6.61 Å². The number of nitro groups is 1. The lowest BCUT2D eigenvalue weighted by Gasteiger charge is -2.24. The highest BCUT2D eigenvalue weighted by atomic mass is 32.1. The van der Waals surface area contributed by atoms with Crippen molar-refractivity contribution in [3.05, 3.63) is 119 Å². The van der Waals surface area contributed by atoms with E-state index in [9.17, 15) is 19.7 Å². The predicted octanol–water partition coefficient (Wildman–Crippen LogP) is 4.27. The highest BCUT2D eigenvalue weighted by molar-refractivity contribution is 7.07. The Morgan fingerprint density at radius 3 is 2.66 bits per heavy atom. The number of carbonyl (C=O) groups excluding carboxylic acids is 1. The molecule has 0 unspecified atom stereocenters. The minimum Gasteiger partial charge on any atom is -0.463 e. The first kappa shape index (κ1) is 25.1. The van der Waals surface area contributed by atoms with Crippen LogP contribution in [0, 0.1) is 17.0 Å². The molecule has 0 saturated heterocycles. The van der Waals surface area contributed by atoms with Gasteiger partial charge in [0, 0.05) is 23.8 Å². The lowest BCUT2D eigenvalue weighted by molar-refractivity contribution is -0.384. The molecule has 0 bridgehead atoms. The summed E-state index contributed by atoms with van der Waals surface area (Å²) in [7, 11) is 0. The van der Waals surface area contributed by atoms with Gasteiger partial charge in [-0.15, -0.1) is 0 Å². The Balaban J connectivity index is 1.62. The fraction of sp³-hybridized carbons (Fsp3) is 0.179. The van der Waals surface area contributed by atoms with Gasteiger partial charge in [-0.3, -0.25) is 19.5 Å². The van der Waals surface area contributed by atoms with Crippen molar-refractivity contribution in [2.45, 2.75) is 26.8 Å². The Morgan fingerprint density at radius 2 is 1.95 bits per heavy atom. The van der Waals surface area contributed by atoms with Crippen LogP contribution in [0.1, 0.15) is 36.8 Å². The monoisotopic (exact) mass is 529 g/mol. The number of ether oxygens (including phenoxy) is 1. The normalized spacial score (nSPS) is 15.2. The summed E-state index contributed by atoms with van der Waals surface area (Å²) >= 11 is 1.19. The molecule has 0 fully saturated rings. The summed E-state index contributed by atoms with van der Waals surface area (Å²) < 4.78 is 13.2. The van der Waals surface area contributed by atoms with E-state index >= 15 is 0 Å². The average molecular weight is 530 g/mol. The first-order valence-corrected chi connectivity index (χ1v) is 12.7. The number of non-ortho nitro benzene ring substituents is 1. The Kier molecular flexibility index (Phi) is 6.64. The molecule has 4 aromatic rings. The molecular weight excluding hydrogens is 506 g/mol. The fourth-order valence-corrected chi connectivity index (χ4v) is 5.46. The van der Waals surface area contributed by atoms with Crippen molar-refractivity contribution >= 4 is 29.1 Å². The zero-order valence-corrected chi connectivity index (χ0v) is 21.7. The first-order valence-electron chi connectivity index (χ1n) is 11.9. The number of thiazole rings is 1. The summed E-state index contributed by atoms with van der Waals surface area (Å²) in [5.74, 6) is 0.349. The predicted molar refractivity (Wildman–Crippen MR) is 142 cm³/mol. The quantitative estimate of drug-likeness (QED) is 0.209.